The highest BCUT2D eigenvalue weighted by molar-refractivity contribution is 7.92. The molecule has 0 radical (unpaired) electrons. The molecule has 168 valence electrons. The van der Waals surface area contributed by atoms with E-state index in [1.165, 1.54) is 37.3 Å². The summed E-state index contributed by atoms with van der Waals surface area (Å²) in [5.74, 6) is -2.44. The second-order valence-electron chi connectivity index (χ2n) is 6.93. The number of amides is 2. The second-order valence-corrected chi connectivity index (χ2v) is 8.84. The fourth-order valence-corrected chi connectivity index (χ4v) is 3.80. The molecular weight excluding hydrogens is 428 g/mol. The van der Waals surface area contributed by atoms with Gasteiger partial charge < -0.3 is 10.2 Å². The average molecular weight is 454 g/mol. The van der Waals surface area contributed by atoms with Crippen LogP contribution in [0.25, 0.3) is 0 Å². The van der Waals surface area contributed by atoms with E-state index in [4.69, 9.17) is 0 Å². The van der Waals surface area contributed by atoms with Gasteiger partial charge in [0.1, 0.15) is 24.2 Å². The van der Waals surface area contributed by atoms with Gasteiger partial charge in [0.05, 0.1) is 11.9 Å². The highest BCUT2D eigenvalue weighted by atomic mass is 32.2. The number of benzene rings is 2. The van der Waals surface area contributed by atoms with Gasteiger partial charge in [0.2, 0.25) is 21.8 Å². The number of hydrogen-bond acceptors (Lipinski definition) is 4. The van der Waals surface area contributed by atoms with E-state index >= 15 is 0 Å². The third-order valence-electron chi connectivity index (χ3n) is 4.59. The lowest BCUT2D eigenvalue weighted by atomic mass is 10.1. The summed E-state index contributed by atoms with van der Waals surface area (Å²) >= 11 is 0. The minimum atomic E-state index is -3.96. The van der Waals surface area contributed by atoms with Gasteiger partial charge in [0, 0.05) is 18.7 Å². The Hall–Kier alpha value is -3.01. The summed E-state index contributed by atoms with van der Waals surface area (Å²) in [6, 6.07) is 9.59. The van der Waals surface area contributed by atoms with Crippen molar-refractivity contribution in [3.63, 3.8) is 0 Å². The van der Waals surface area contributed by atoms with Gasteiger partial charge in [0.15, 0.2) is 0 Å². The molecular formula is C21H25F2N3O4S. The molecule has 0 aliphatic rings. The van der Waals surface area contributed by atoms with Crippen LogP contribution in [0.15, 0.2) is 48.5 Å². The van der Waals surface area contributed by atoms with Crippen molar-refractivity contribution in [2.45, 2.75) is 26.4 Å². The number of carbonyl (C=O) groups excluding carboxylic acids is 2. The fourth-order valence-electron chi connectivity index (χ4n) is 2.96. The predicted molar refractivity (Wildman–Crippen MR) is 114 cm³/mol. The zero-order chi connectivity index (χ0) is 23.2. The van der Waals surface area contributed by atoms with E-state index in [9.17, 15) is 26.8 Å². The molecule has 0 heterocycles. The van der Waals surface area contributed by atoms with Crippen molar-refractivity contribution >= 4 is 27.5 Å². The summed E-state index contributed by atoms with van der Waals surface area (Å²) in [4.78, 5) is 26.6. The minimum absolute atomic E-state index is 0.0349. The molecule has 2 amide bonds. The maximum absolute atomic E-state index is 14.2. The molecule has 10 heteroatoms. The summed E-state index contributed by atoms with van der Waals surface area (Å²) in [7, 11) is -3.96. The third kappa shape index (κ3) is 6.48. The van der Waals surface area contributed by atoms with Crippen LogP contribution in [0.5, 0.6) is 0 Å². The van der Waals surface area contributed by atoms with E-state index in [2.05, 4.69) is 5.32 Å². The van der Waals surface area contributed by atoms with Crippen molar-refractivity contribution < 1.29 is 26.8 Å². The molecule has 2 aromatic carbocycles. The summed E-state index contributed by atoms with van der Waals surface area (Å²) in [5, 5.41) is 2.60. The Labute approximate surface area is 180 Å². The SMILES string of the molecule is CCNC(=O)C(C)N(Cc1ccccc1F)C(=O)CN(c1cccc(F)c1)S(C)(=O)=O. The molecule has 0 saturated carbocycles. The van der Waals surface area contributed by atoms with E-state index < -0.39 is 46.1 Å². The lowest BCUT2D eigenvalue weighted by Crippen LogP contribution is -2.51. The number of sulfonamides is 1. The van der Waals surface area contributed by atoms with Crippen molar-refractivity contribution in [3.8, 4) is 0 Å². The molecule has 0 aromatic heterocycles. The zero-order valence-corrected chi connectivity index (χ0v) is 18.3. The fraction of sp³-hybridized carbons (Fsp3) is 0.333. The van der Waals surface area contributed by atoms with E-state index in [1.54, 1.807) is 13.0 Å². The Morgan fingerprint density at radius 1 is 1.10 bits per heavy atom. The van der Waals surface area contributed by atoms with Gasteiger partial charge >= 0.3 is 0 Å². The van der Waals surface area contributed by atoms with Gasteiger partial charge in [-0.05, 0) is 38.1 Å². The molecule has 0 fully saturated rings. The maximum Gasteiger partial charge on any atom is 0.244 e. The normalized spacial score (nSPS) is 12.2. The molecule has 1 unspecified atom stereocenters. The van der Waals surface area contributed by atoms with Gasteiger partial charge in [-0.2, -0.15) is 0 Å². The topological polar surface area (TPSA) is 86.8 Å². The van der Waals surface area contributed by atoms with Crippen LogP contribution >= 0.6 is 0 Å². The second kappa shape index (κ2) is 10.3. The lowest BCUT2D eigenvalue weighted by Gasteiger charge is -2.31. The highest BCUT2D eigenvalue weighted by Crippen LogP contribution is 2.20. The Bertz CT molecular complexity index is 1050. The number of anilines is 1. The van der Waals surface area contributed by atoms with Crippen LogP contribution in [0.3, 0.4) is 0 Å². The van der Waals surface area contributed by atoms with Gasteiger partial charge in [-0.1, -0.05) is 24.3 Å². The number of nitrogens with zero attached hydrogens (tertiary/aromatic N) is 2. The van der Waals surface area contributed by atoms with Gasteiger partial charge in [0.25, 0.3) is 0 Å². The molecule has 1 atom stereocenters. The van der Waals surface area contributed by atoms with Crippen LogP contribution in [0.4, 0.5) is 14.5 Å². The maximum atomic E-state index is 14.2. The quantitative estimate of drug-likeness (QED) is 0.631. The third-order valence-corrected chi connectivity index (χ3v) is 5.73. The molecule has 0 bridgehead atoms. The van der Waals surface area contributed by atoms with Crippen LogP contribution in [0, 0.1) is 11.6 Å². The first-order valence-electron chi connectivity index (χ1n) is 9.58. The van der Waals surface area contributed by atoms with Gasteiger partial charge in [-0.3, -0.25) is 13.9 Å². The molecule has 0 aliphatic carbocycles. The molecule has 2 aromatic rings. The molecule has 31 heavy (non-hydrogen) atoms. The summed E-state index contributed by atoms with van der Waals surface area (Å²) in [6.07, 6.45) is 0.889. The standard InChI is InChI=1S/C21H25F2N3O4S/c1-4-24-21(28)15(2)25(13-16-8-5-6-11-19(16)23)20(27)14-26(31(3,29)30)18-10-7-9-17(22)12-18/h5-12,15H,4,13-14H2,1-3H3,(H,24,28). The van der Waals surface area contributed by atoms with E-state index in [0.29, 0.717) is 6.54 Å². The number of carbonyl (C=O) groups is 2. The number of likely N-dealkylation sites (N-methyl/N-ethyl adjacent to an activating group) is 1. The molecule has 2 rings (SSSR count). The summed E-state index contributed by atoms with van der Waals surface area (Å²) in [6.45, 7) is 2.58. The number of hydrogen-bond donors (Lipinski definition) is 1. The van der Waals surface area contributed by atoms with Crippen LogP contribution in [-0.2, 0) is 26.2 Å². The number of halogens is 2. The molecule has 7 nitrogen and oxygen atoms in total. The number of nitrogens with one attached hydrogen (secondary N) is 1. The van der Waals surface area contributed by atoms with Crippen LogP contribution < -0.4 is 9.62 Å². The molecule has 0 aliphatic heterocycles. The van der Waals surface area contributed by atoms with Crippen LogP contribution in [0.2, 0.25) is 0 Å². The Morgan fingerprint density at radius 2 is 1.77 bits per heavy atom. The predicted octanol–water partition coefficient (Wildman–Crippen LogP) is 2.28. The zero-order valence-electron chi connectivity index (χ0n) is 17.5. The van der Waals surface area contributed by atoms with Crippen molar-refractivity contribution in [1.82, 2.24) is 10.2 Å². The lowest BCUT2D eigenvalue weighted by molar-refractivity contribution is -0.139. The summed E-state index contributed by atoms with van der Waals surface area (Å²) in [5.41, 5.74) is 0.135. The number of rotatable bonds is 9. The first-order valence-corrected chi connectivity index (χ1v) is 11.4. The van der Waals surface area contributed by atoms with E-state index in [0.717, 1.165) is 27.6 Å². The van der Waals surface area contributed by atoms with Crippen LogP contribution in [-0.4, -0.2) is 50.5 Å². The van der Waals surface area contributed by atoms with Crippen molar-refractivity contribution in [2.24, 2.45) is 0 Å². The first kappa shape index (κ1) is 24.3. The van der Waals surface area contributed by atoms with E-state index in [-0.39, 0.29) is 17.8 Å². The van der Waals surface area contributed by atoms with Gasteiger partial charge in [-0.15, -0.1) is 0 Å². The smallest absolute Gasteiger partial charge is 0.244 e. The highest BCUT2D eigenvalue weighted by Gasteiger charge is 2.30. The van der Waals surface area contributed by atoms with Crippen molar-refractivity contribution in [2.75, 3.05) is 23.7 Å². The monoisotopic (exact) mass is 453 g/mol. The van der Waals surface area contributed by atoms with Crippen molar-refractivity contribution in [1.29, 1.82) is 0 Å². The average Bonchev–Trinajstić information content (AvgIpc) is 2.70. The molecule has 0 spiro atoms. The van der Waals surface area contributed by atoms with Gasteiger partial charge in [-0.25, -0.2) is 17.2 Å². The largest absolute Gasteiger partial charge is 0.355 e. The molecule has 0 saturated heterocycles. The summed E-state index contributed by atoms with van der Waals surface area (Å²) < 4.78 is 53.2. The Balaban J connectivity index is 2.40. The minimum Gasteiger partial charge on any atom is -0.355 e. The Morgan fingerprint density at radius 3 is 2.35 bits per heavy atom. The molecule has 1 N–H and O–H groups in total. The van der Waals surface area contributed by atoms with Crippen LogP contribution in [0.1, 0.15) is 19.4 Å². The van der Waals surface area contributed by atoms with E-state index in [1.807, 2.05) is 0 Å². The first-order chi connectivity index (χ1) is 14.5. The Kier molecular flexibility index (Phi) is 8.09. The van der Waals surface area contributed by atoms with Crippen molar-refractivity contribution in [3.05, 3.63) is 65.7 Å².